The molecule has 0 amide bonds. The number of rotatable bonds is 4. The molecule has 0 spiro atoms. The third kappa shape index (κ3) is 2.59. The molecule has 1 heterocycles. The molecule has 0 fully saturated rings. The molecule has 1 N–H and O–H groups in total. The normalized spacial score (nSPS) is 10.6. The van der Waals surface area contributed by atoms with Crippen molar-refractivity contribution in [3.63, 3.8) is 0 Å². The van der Waals surface area contributed by atoms with Crippen LogP contribution in [0.3, 0.4) is 0 Å². The lowest BCUT2D eigenvalue weighted by molar-refractivity contribution is -0.139. The van der Waals surface area contributed by atoms with E-state index in [1.54, 1.807) is 19.1 Å². The maximum atomic E-state index is 12.1. The van der Waals surface area contributed by atoms with Crippen LogP contribution in [0, 0.1) is 6.92 Å². The standard InChI is InChI=1S/C14H14O5/c1-3-11-8(2)14(17)10-5-4-9(6-12(10)19-11)18-7-13(15)16/h4-6H,3,7H2,1-2H3,(H,15,16). The van der Waals surface area contributed by atoms with Gasteiger partial charge >= 0.3 is 5.97 Å². The van der Waals surface area contributed by atoms with Crippen molar-refractivity contribution >= 4 is 16.9 Å². The summed E-state index contributed by atoms with van der Waals surface area (Å²) in [5.41, 5.74) is 0.951. The average molecular weight is 262 g/mol. The third-order valence-electron chi connectivity index (χ3n) is 2.87. The van der Waals surface area contributed by atoms with E-state index >= 15 is 0 Å². The number of aliphatic carboxylic acids is 1. The van der Waals surface area contributed by atoms with Crippen LogP contribution < -0.4 is 10.2 Å². The number of aryl methyl sites for hydroxylation is 1. The van der Waals surface area contributed by atoms with E-state index in [-0.39, 0.29) is 5.43 Å². The highest BCUT2D eigenvalue weighted by Crippen LogP contribution is 2.21. The Kier molecular flexibility index (Phi) is 3.55. The highest BCUT2D eigenvalue weighted by atomic mass is 16.5. The molecular formula is C14H14O5. The van der Waals surface area contributed by atoms with Crippen molar-refractivity contribution in [3.05, 3.63) is 39.7 Å². The number of hydrogen-bond donors (Lipinski definition) is 1. The van der Waals surface area contributed by atoms with E-state index in [0.29, 0.717) is 34.5 Å². The summed E-state index contributed by atoms with van der Waals surface area (Å²) in [6, 6.07) is 4.69. The van der Waals surface area contributed by atoms with Crippen molar-refractivity contribution in [3.8, 4) is 5.75 Å². The van der Waals surface area contributed by atoms with Gasteiger partial charge in [-0.05, 0) is 19.1 Å². The summed E-state index contributed by atoms with van der Waals surface area (Å²) in [6.07, 6.45) is 0.622. The molecule has 0 saturated carbocycles. The Morgan fingerprint density at radius 1 is 1.42 bits per heavy atom. The summed E-state index contributed by atoms with van der Waals surface area (Å²) < 4.78 is 10.7. The van der Waals surface area contributed by atoms with Gasteiger partial charge in [0.25, 0.3) is 0 Å². The molecule has 1 aromatic carbocycles. The molecule has 100 valence electrons. The van der Waals surface area contributed by atoms with Crippen LogP contribution >= 0.6 is 0 Å². The molecule has 0 aliphatic heterocycles. The molecule has 5 heteroatoms. The quantitative estimate of drug-likeness (QED) is 0.913. The van der Waals surface area contributed by atoms with Crippen LogP contribution in [-0.4, -0.2) is 17.7 Å². The fourth-order valence-corrected chi connectivity index (χ4v) is 1.88. The van der Waals surface area contributed by atoms with Gasteiger partial charge in [0.1, 0.15) is 17.1 Å². The van der Waals surface area contributed by atoms with E-state index in [2.05, 4.69) is 0 Å². The van der Waals surface area contributed by atoms with Gasteiger partial charge in [-0.25, -0.2) is 4.79 Å². The van der Waals surface area contributed by atoms with E-state index in [1.807, 2.05) is 6.92 Å². The molecule has 2 rings (SSSR count). The van der Waals surface area contributed by atoms with Crippen molar-refractivity contribution in [2.75, 3.05) is 6.61 Å². The second-order valence-corrected chi connectivity index (χ2v) is 4.17. The number of carboxylic acids is 1. The van der Waals surface area contributed by atoms with Gasteiger partial charge in [0.2, 0.25) is 0 Å². The molecule has 0 unspecified atom stereocenters. The topological polar surface area (TPSA) is 76.7 Å². The number of hydrogen-bond acceptors (Lipinski definition) is 4. The Balaban J connectivity index is 2.50. The SMILES string of the molecule is CCc1oc2cc(OCC(=O)O)ccc2c(=O)c1C. The first-order valence-electron chi connectivity index (χ1n) is 5.94. The molecule has 0 saturated heterocycles. The first kappa shape index (κ1) is 13.1. The van der Waals surface area contributed by atoms with Crippen molar-refractivity contribution < 1.29 is 19.1 Å². The van der Waals surface area contributed by atoms with Crippen LogP contribution in [0.25, 0.3) is 11.0 Å². The predicted molar refractivity (Wildman–Crippen MR) is 69.7 cm³/mol. The molecule has 1 aromatic heterocycles. The largest absolute Gasteiger partial charge is 0.482 e. The van der Waals surface area contributed by atoms with Gasteiger partial charge < -0.3 is 14.3 Å². The molecule has 19 heavy (non-hydrogen) atoms. The van der Waals surface area contributed by atoms with Crippen LogP contribution in [0.2, 0.25) is 0 Å². The summed E-state index contributed by atoms with van der Waals surface area (Å²) in [4.78, 5) is 22.5. The Bertz CT molecular complexity index is 684. The highest BCUT2D eigenvalue weighted by molar-refractivity contribution is 5.79. The highest BCUT2D eigenvalue weighted by Gasteiger charge is 2.10. The van der Waals surface area contributed by atoms with E-state index in [9.17, 15) is 9.59 Å². The summed E-state index contributed by atoms with van der Waals surface area (Å²) >= 11 is 0. The molecule has 2 aromatic rings. The predicted octanol–water partition coefficient (Wildman–Crippen LogP) is 2.13. The van der Waals surface area contributed by atoms with Crippen LogP contribution in [0.1, 0.15) is 18.2 Å². The van der Waals surface area contributed by atoms with Crippen LogP contribution in [-0.2, 0) is 11.2 Å². The van der Waals surface area contributed by atoms with Gasteiger partial charge in [-0.15, -0.1) is 0 Å². The van der Waals surface area contributed by atoms with Crippen molar-refractivity contribution in [1.82, 2.24) is 0 Å². The molecule has 0 aliphatic rings. The van der Waals surface area contributed by atoms with Gasteiger partial charge in [-0.2, -0.15) is 0 Å². The third-order valence-corrected chi connectivity index (χ3v) is 2.87. The zero-order chi connectivity index (χ0) is 14.0. The molecule has 0 radical (unpaired) electrons. The maximum absolute atomic E-state index is 12.1. The Hall–Kier alpha value is -2.30. The number of fused-ring (bicyclic) bond motifs is 1. The second kappa shape index (κ2) is 5.14. The van der Waals surface area contributed by atoms with Gasteiger partial charge in [0.05, 0.1) is 5.39 Å². The summed E-state index contributed by atoms with van der Waals surface area (Å²) in [6.45, 7) is 3.21. The zero-order valence-corrected chi connectivity index (χ0v) is 10.7. The van der Waals surface area contributed by atoms with Gasteiger partial charge in [0.15, 0.2) is 12.0 Å². The minimum Gasteiger partial charge on any atom is -0.482 e. The second-order valence-electron chi connectivity index (χ2n) is 4.17. The summed E-state index contributed by atoms with van der Waals surface area (Å²) in [5, 5.41) is 9.02. The van der Waals surface area contributed by atoms with Crippen LogP contribution in [0.4, 0.5) is 0 Å². The smallest absolute Gasteiger partial charge is 0.341 e. The fourth-order valence-electron chi connectivity index (χ4n) is 1.88. The van der Waals surface area contributed by atoms with Crippen molar-refractivity contribution in [1.29, 1.82) is 0 Å². The molecular weight excluding hydrogens is 248 g/mol. The Morgan fingerprint density at radius 2 is 2.16 bits per heavy atom. The van der Waals surface area contributed by atoms with E-state index in [0.717, 1.165) is 0 Å². The minimum absolute atomic E-state index is 0.0668. The van der Waals surface area contributed by atoms with Gasteiger partial charge in [0, 0.05) is 18.1 Å². The van der Waals surface area contributed by atoms with E-state index < -0.39 is 12.6 Å². The first-order valence-corrected chi connectivity index (χ1v) is 5.94. The lowest BCUT2D eigenvalue weighted by atomic mass is 10.1. The number of benzene rings is 1. The molecule has 0 atom stereocenters. The summed E-state index contributed by atoms with van der Waals surface area (Å²) in [7, 11) is 0. The van der Waals surface area contributed by atoms with E-state index in [1.165, 1.54) is 6.07 Å². The van der Waals surface area contributed by atoms with Crippen LogP contribution in [0.15, 0.2) is 27.4 Å². The lowest BCUT2D eigenvalue weighted by Crippen LogP contribution is -2.11. The number of carboxylic acid groups (broad SMARTS) is 1. The van der Waals surface area contributed by atoms with E-state index in [4.69, 9.17) is 14.3 Å². The molecule has 0 bridgehead atoms. The number of ether oxygens (including phenoxy) is 1. The minimum atomic E-state index is -1.06. The monoisotopic (exact) mass is 262 g/mol. The molecule has 0 aliphatic carbocycles. The molecule has 5 nitrogen and oxygen atoms in total. The van der Waals surface area contributed by atoms with Gasteiger partial charge in [-0.1, -0.05) is 6.92 Å². The Morgan fingerprint density at radius 3 is 2.79 bits per heavy atom. The Labute approximate surface area is 109 Å². The van der Waals surface area contributed by atoms with Gasteiger partial charge in [-0.3, -0.25) is 4.79 Å². The van der Waals surface area contributed by atoms with Crippen LogP contribution in [0.5, 0.6) is 5.75 Å². The maximum Gasteiger partial charge on any atom is 0.341 e. The first-order chi connectivity index (χ1) is 9.02. The lowest BCUT2D eigenvalue weighted by Gasteiger charge is -2.07. The average Bonchev–Trinajstić information content (AvgIpc) is 2.40. The number of carbonyl (C=O) groups is 1. The van der Waals surface area contributed by atoms with Crippen molar-refractivity contribution in [2.24, 2.45) is 0 Å². The summed E-state index contributed by atoms with van der Waals surface area (Å²) in [5.74, 6) is -0.0588. The fraction of sp³-hybridized carbons (Fsp3) is 0.286. The van der Waals surface area contributed by atoms with Crippen molar-refractivity contribution in [2.45, 2.75) is 20.3 Å². The zero-order valence-electron chi connectivity index (χ0n) is 10.7.